The molecule has 1 heterocycles. The van der Waals surface area contributed by atoms with Crippen LogP contribution in [0.2, 0.25) is 0 Å². The van der Waals surface area contributed by atoms with Crippen LogP contribution in [-0.2, 0) is 9.09 Å². The number of hydrogen-bond acceptors (Lipinski definition) is 3. The molecule has 2 atom stereocenters. The molecule has 0 radical (unpaired) electrons. The van der Waals surface area contributed by atoms with Crippen molar-refractivity contribution in [3.63, 3.8) is 0 Å². The zero-order chi connectivity index (χ0) is 12.2. The summed E-state index contributed by atoms with van der Waals surface area (Å²) in [7, 11) is -2.45. The highest BCUT2D eigenvalue weighted by molar-refractivity contribution is 7.58. The minimum Gasteiger partial charge on any atom is -0.329 e. The van der Waals surface area contributed by atoms with Crippen LogP contribution < -0.4 is 0 Å². The van der Waals surface area contributed by atoms with Gasteiger partial charge in [-0.05, 0) is 37.5 Å². The monoisotopic (exact) mass is 241 g/mol. The van der Waals surface area contributed by atoms with E-state index in [1.165, 1.54) is 5.56 Å². The molecule has 0 aliphatic heterocycles. The molecule has 0 saturated heterocycles. The first-order chi connectivity index (χ1) is 7.44. The minimum absolute atomic E-state index is 0.240. The van der Waals surface area contributed by atoms with Gasteiger partial charge in [0.2, 0.25) is 7.37 Å². The Morgan fingerprint density at radius 3 is 2.81 bits per heavy atom. The zero-order valence-electron chi connectivity index (χ0n) is 10.4. The number of pyridine rings is 1. The van der Waals surface area contributed by atoms with Gasteiger partial charge in [-0.3, -0.25) is 9.55 Å². The van der Waals surface area contributed by atoms with Crippen molar-refractivity contribution in [2.45, 2.75) is 26.7 Å². The Morgan fingerprint density at radius 1 is 1.56 bits per heavy atom. The highest BCUT2D eigenvalue weighted by Crippen LogP contribution is 2.46. The van der Waals surface area contributed by atoms with Gasteiger partial charge in [0.25, 0.3) is 0 Å². The van der Waals surface area contributed by atoms with Gasteiger partial charge in [-0.25, -0.2) is 0 Å². The molecule has 2 unspecified atom stereocenters. The van der Waals surface area contributed by atoms with Gasteiger partial charge in [-0.2, -0.15) is 0 Å². The van der Waals surface area contributed by atoms with Crippen molar-refractivity contribution >= 4 is 7.37 Å². The van der Waals surface area contributed by atoms with Gasteiger partial charge in [0.1, 0.15) is 0 Å². The van der Waals surface area contributed by atoms with Gasteiger partial charge < -0.3 is 4.52 Å². The van der Waals surface area contributed by atoms with Crippen molar-refractivity contribution in [1.29, 1.82) is 0 Å². The molecular formula is C12H20NO2P. The average Bonchev–Trinajstić information content (AvgIpc) is 2.16. The normalized spacial score (nSPS) is 16.8. The van der Waals surface area contributed by atoms with Crippen LogP contribution >= 0.6 is 7.37 Å². The van der Waals surface area contributed by atoms with Crippen LogP contribution in [0.4, 0.5) is 0 Å². The third kappa shape index (κ3) is 4.07. The fourth-order valence-corrected chi connectivity index (χ4v) is 3.66. The Kier molecular flexibility index (Phi) is 4.69. The lowest BCUT2D eigenvalue weighted by atomic mass is 10.0. The summed E-state index contributed by atoms with van der Waals surface area (Å²) in [4.78, 5) is 4.15. The summed E-state index contributed by atoms with van der Waals surface area (Å²) in [6.45, 7) is 8.13. The predicted molar refractivity (Wildman–Crippen MR) is 67.4 cm³/mol. The van der Waals surface area contributed by atoms with E-state index < -0.39 is 7.37 Å². The summed E-state index contributed by atoms with van der Waals surface area (Å²) < 4.78 is 17.3. The van der Waals surface area contributed by atoms with Gasteiger partial charge in [-0.1, -0.05) is 6.92 Å². The first-order valence-corrected chi connectivity index (χ1v) is 7.84. The summed E-state index contributed by atoms with van der Waals surface area (Å²) in [6.07, 6.45) is 2.38. The van der Waals surface area contributed by atoms with Crippen LogP contribution in [0.1, 0.15) is 31.0 Å². The molecule has 3 nitrogen and oxygen atoms in total. The molecule has 1 rings (SSSR count). The number of aromatic nitrogens is 1. The lowest BCUT2D eigenvalue weighted by Gasteiger charge is -2.18. The molecule has 1 aromatic rings. The third-order valence-electron chi connectivity index (χ3n) is 2.50. The van der Waals surface area contributed by atoms with E-state index in [2.05, 4.69) is 11.9 Å². The molecule has 0 spiro atoms. The maximum absolute atomic E-state index is 12.0. The number of rotatable bonds is 5. The highest BCUT2D eigenvalue weighted by Gasteiger charge is 2.20. The molecule has 0 amide bonds. The Balaban J connectivity index is 2.72. The second-order valence-corrected chi connectivity index (χ2v) is 6.90. The van der Waals surface area contributed by atoms with Crippen LogP contribution in [0, 0.1) is 6.92 Å². The van der Waals surface area contributed by atoms with Crippen molar-refractivity contribution in [3.05, 3.63) is 29.6 Å². The summed E-state index contributed by atoms with van der Waals surface area (Å²) >= 11 is 0. The highest BCUT2D eigenvalue weighted by atomic mass is 31.2. The van der Waals surface area contributed by atoms with Gasteiger partial charge in [0.15, 0.2) is 0 Å². The van der Waals surface area contributed by atoms with E-state index in [4.69, 9.17) is 4.52 Å². The van der Waals surface area contributed by atoms with Crippen molar-refractivity contribution in [3.8, 4) is 0 Å². The maximum Gasteiger partial charge on any atom is 0.200 e. The molecule has 0 aliphatic carbocycles. The van der Waals surface area contributed by atoms with E-state index >= 15 is 0 Å². The van der Waals surface area contributed by atoms with Crippen LogP contribution in [0.15, 0.2) is 18.3 Å². The molecule has 16 heavy (non-hydrogen) atoms. The molecular weight excluding hydrogens is 221 g/mol. The van der Waals surface area contributed by atoms with E-state index in [0.29, 0.717) is 12.8 Å². The third-order valence-corrected chi connectivity index (χ3v) is 4.51. The second kappa shape index (κ2) is 5.60. The Morgan fingerprint density at radius 2 is 2.25 bits per heavy atom. The predicted octanol–water partition coefficient (Wildman–Crippen LogP) is 3.44. The molecule has 0 saturated carbocycles. The molecule has 0 fully saturated rings. The Labute approximate surface area is 97.7 Å². The smallest absolute Gasteiger partial charge is 0.200 e. The summed E-state index contributed by atoms with van der Waals surface area (Å²) in [6, 6.07) is 4.01. The van der Waals surface area contributed by atoms with Crippen molar-refractivity contribution in [2.75, 3.05) is 19.4 Å². The van der Waals surface area contributed by atoms with Crippen molar-refractivity contribution in [2.24, 2.45) is 0 Å². The Bertz CT molecular complexity index is 392. The number of hydrogen-bond donors (Lipinski definition) is 0. The first-order valence-electron chi connectivity index (χ1n) is 5.58. The molecule has 0 N–H and O–H groups in total. The largest absolute Gasteiger partial charge is 0.329 e. The minimum atomic E-state index is -2.45. The zero-order valence-corrected chi connectivity index (χ0v) is 11.3. The fourth-order valence-electron chi connectivity index (χ4n) is 1.80. The topological polar surface area (TPSA) is 39.2 Å². The van der Waals surface area contributed by atoms with Crippen LogP contribution in [0.5, 0.6) is 0 Å². The lowest BCUT2D eigenvalue weighted by Crippen LogP contribution is -2.03. The van der Waals surface area contributed by atoms with Crippen LogP contribution in [0.25, 0.3) is 0 Å². The van der Waals surface area contributed by atoms with Gasteiger partial charge in [-0.15, -0.1) is 0 Å². The van der Waals surface area contributed by atoms with Gasteiger partial charge in [0, 0.05) is 24.7 Å². The van der Waals surface area contributed by atoms with E-state index in [1.807, 2.05) is 26.0 Å². The Hall–Kier alpha value is -0.660. The summed E-state index contributed by atoms with van der Waals surface area (Å²) in [5.41, 5.74) is 2.17. The molecule has 90 valence electrons. The van der Waals surface area contributed by atoms with E-state index in [1.54, 1.807) is 12.9 Å². The summed E-state index contributed by atoms with van der Waals surface area (Å²) in [5, 5.41) is 0. The lowest BCUT2D eigenvalue weighted by molar-refractivity contribution is 0.335. The molecule has 0 aliphatic rings. The SMILES string of the molecule is CCOP(C)(=O)CC(C)c1ccnc(C)c1. The van der Waals surface area contributed by atoms with Gasteiger partial charge >= 0.3 is 0 Å². The number of nitrogens with zero attached hydrogens (tertiary/aromatic N) is 1. The van der Waals surface area contributed by atoms with E-state index in [9.17, 15) is 4.57 Å². The summed E-state index contributed by atoms with van der Waals surface area (Å²) in [5.74, 6) is 0.240. The van der Waals surface area contributed by atoms with Crippen molar-refractivity contribution in [1.82, 2.24) is 4.98 Å². The number of aryl methyl sites for hydroxylation is 1. The molecule has 0 bridgehead atoms. The van der Waals surface area contributed by atoms with E-state index in [0.717, 1.165) is 5.69 Å². The maximum atomic E-state index is 12.0. The fraction of sp³-hybridized carbons (Fsp3) is 0.583. The van der Waals surface area contributed by atoms with Crippen molar-refractivity contribution < 1.29 is 9.09 Å². The van der Waals surface area contributed by atoms with Crippen LogP contribution in [-0.4, -0.2) is 24.4 Å². The average molecular weight is 241 g/mol. The standard InChI is InChI=1S/C12H20NO2P/c1-5-15-16(4,14)9-10(2)12-6-7-13-11(3)8-12/h6-8,10H,5,9H2,1-4H3. The molecule has 1 aromatic heterocycles. The molecule has 0 aromatic carbocycles. The molecule has 4 heteroatoms. The quantitative estimate of drug-likeness (QED) is 0.741. The second-order valence-electron chi connectivity index (χ2n) is 4.25. The van der Waals surface area contributed by atoms with Crippen LogP contribution in [0.3, 0.4) is 0 Å². The first kappa shape index (κ1) is 13.4. The van der Waals surface area contributed by atoms with Gasteiger partial charge in [0.05, 0.1) is 6.61 Å². The van der Waals surface area contributed by atoms with E-state index in [-0.39, 0.29) is 5.92 Å².